The standard InChI is InChI=1S/C10H17NO/c1-11(12)9-5-8-10-6-3-2-4-7-10/h6H,1-5,7-9H2. The summed E-state index contributed by atoms with van der Waals surface area (Å²) in [5.41, 5.74) is 1.54. The monoisotopic (exact) mass is 167 g/mol. The zero-order valence-corrected chi connectivity index (χ0v) is 7.59. The summed E-state index contributed by atoms with van der Waals surface area (Å²) in [4.78, 5) is 0. The first kappa shape index (κ1) is 9.30. The number of hydrogen-bond acceptors (Lipinski definition) is 1. The van der Waals surface area contributed by atoms with Crippen molar-refractivity contribution >= 4 is 6.72 Å². The minimum atomic E-state index is 0.567. The van der Waals surface area contributed by atoms with Crippen molar-refractivity contribution < 1.29 is 4.74 Å². The van der Waals surface area contributed by atoms with Crippen LogP contribution >= 0.6 is 0 Å². The van der Waals surface area contributed by atoms with Crippen LogP contribution in [-0.4, -0.2) is 18.0 Å². The van der Waals surface area contributed by atoms with Crippen LogP contribution in [0.5, 0.6) is 0 Å². The summed E-state index contributed by atoms with van der Waals surface area (Å²) in [6.07, 6.45) is 9.54. The lowest BCUT2D eigenvalue weighted by Crippen LogP contribution is -2.02. The molecule has 0 aromatic heterocycles. The summed E-state index contributed by atoms with van der Waals surface area (Å²) in [5.74, 6) is 0. The van der Waals surface area contributed by atoms with Gasteiger partial charge in [0.15, 0.2) is 6.54 Å². The molecule has 0 aromatic carbocycles. The lowest BCUT2D eigenvalue weighted by molar-refractivity contribution is -0.448. The van der Waals surface area contributed by atoms with E-state index in [-0.39, 0.29) is 0 Å². The molecule has 0 saturated carbocycles. The van der Waals surface area contributed by atoms with Crippen LogP contribution in [0.2, 0.25) is 0 Å². The van der Waals surface area contributed by atoms with E-state index in [1.807, 2.05) is 0 Å². The van der Waals surface area contributed by atoms with Crippen LogP contribution < -0.4 is 0 Å². The van der Waals surface area contributed by atoms with Crippen molar-refractivity contribution in [2.45, 2.75) is 38.5 Å². The largest absolute Gasteiger partial charge is 0.624 e. The summed E-state index contributed by atoms with van der Waals surface area (Å²) in [5, 5.41) is 10.5. The van der Waals surface area contributed by atoms with Crippen LogP contribution in [0.1, 0.15) is 38.5 Å². The fraction of sp³-hybridized carbons (Fsp3) is 0.700. The van der Waals surface area contributed by atoms with E-state index in [1.165, 1.54) is 25.7 Å². The zero-order chi connectivity index (χ0) is 8.81. The van der Waals surface area contributed by atoms with E-state index in [4.69, 9.17) is 0 Å². The Labute approximate surface area is 74.2 Å². The summed E-state index contributed by atoms with van der Waals surface area (Å²) in [6, 6.07) is 0. The molecule has 0 heterocycles. The molecular weight excluding hydrogens is 150 g/mol. The molecule has 1 rings (SSSR count). The van der Waals surface area contributed by atoms with Crippen molar-refractivity contribution in [3.05, 3.63) is 16.9 Å². The van der Waals surface area contributed by atoms with E-state index >= 15 is 0 Å². The number of hydrogen-bond donors (Lipinski definition) is 0. The molecule has 1 aliphatic rings. The molecule has 0 aromatic rings. The molecule has 68 valence electrons. The van der Waals surface area contributed by atoms with E-state index < -0.39 is 0 Å². The second-order valence-corrected chi connectivity index (χ2v) is 3.42. The first-order chi connectivity index (χ1) is 5.79. The van der Waals surface area contributed by atoms with Gasteiger partial charge in [-0.1, -0.05) is 11.6 Å². The van der Waals surface area contributed by atoms with Crippen LogP contribution in [0.15, 0.2) is 11.6 Å². The molecule has 0 amide bonds. The van der Waals surface area contributed by atoms with Crippen LogP contribution in [0.4, 0.5) is 0 Å². The molecule has 0 atom stereocenters. The van der Waals surface area contributed by atoms with Gasteiger partial charge in [-0.25, -0.2) is 4.74 Å². The predicted molar refractivity (Wildman–Crippen MR) is 51.4 cm³/mol. The first-order valence-corrected chi connectivity index (χ1v) is 4.72. The van der Waals surface area contributed by atoms with Gasteiger partial charge in [0.25, 0.3) is 0 Å². The number of allylic oxidation sites excluding steroid dienone is 2. The highest BCUT2D eigenvalue weighted by atomic mass is 16.5. The molecule has 12 heavy (non-hydrogen) atoms. The van der Waals surface area contributed by atoms with Gasteiger partial charge in [-0.2, -0.15) is 0 Å². The second-order valence-electron chi connectivity index (χ2n) is 3.42. The lowest BCUT2D eigenvalue weighted by Gasteiger charge is -2.11. The molecule has 0 N–H and O–H groups in total. The van der Waals surface area contributed by atoms with Crippen molar-refractivity contribution in [3.63, 3.8) is 0 Å². The van der Waals surface area contributed by atoms with Gasteiger partial charge in [0, 0.05) is 6.42 Å². The first-order valence-electron chi connectivity index (χ1n) is 4.72. The van der Waals surface area contributed by atoms with E-state index in [0.29, 0.717) is 6.54 Å². The van der Waals surface area contributed by atoms with Crippen molar-refractivity contribution in [1.82, 2.24) is 0 Å². The Morgan fingerprint density at radius 1 is 1.50 bits per heavy atom. The summed E-state index contributed by atoms with van der Waals surface area (Å²) < 4.78 is 0.767. The van der Waals surface area contributed by atoms with Crippen LogP contribution in [0.25, 0.3) is 0 Å². The maximum Gasteiger partial charge on any atom is 0.153 e. The molecule has 0 fully saturated rings. The molecule has 2 heteroatoms. The second kappa shape index (κ2) is 4.96. The third-order valence-electron chi connectivity index (χ3n) is 2.29. The Balaban J connectivity index is 2.13. The van der Waals surface area contributed by atoms with E-state index in [9.17, 15) is 5.21 Å². The van der Waals surface area contributed by atoms with E-state index in [2.05, 4.69) is 12.8 Å². The summed E-state index contributed by atoms with van der Waals surface area (Å²) in [6.45, 7) is 3.85. The molecule has 0 unspecified atom stereocenters. The van der Waals surface area contributed by atoms with Crippen LogP contribution in [-0.2, 0) is 0 Å². The fourth-order valence-corrected chi connectivity index (χ4v) is 1.61. The van der Waals surface area contributed by atoms with E-state index in [0.717, 1.165) is 17.6 Å². The smallest absolute Gasteiger partial charge is 0.153 e. The molecule has 0 aliphatic heterocycles. The molecule has 0 spiro atoms. The topological polar surface area (TPSA) is 26.1 Å². The van der Waals surface area contributed by atoms with Gasteiger partial charge in [-0.15, -0.1) is 0 Å². The average molecular weight is 167 g/mol. The highest BCUT2D eigenvalue weighted by Crippen LogP contribution is 2.20. The summed E-state index contributed by atoms with van der Waals surface area (Å²) >= 11 is 0. The van der Waals surface area contributed by atoms with Gasteiger partial charge in [0.2, 0.25) is 0 Å². The maximum atomic E-state index is 10.5. The molecule has 0 saturated heterocycles. The summed E-state index contributed by atoms with van der Waals surface area (Å²) in [7, 11) is 0. The Kier molecular flexibility index (Phi) is 3.85. The quantitative estimate of drug-likeness (QED) is 0.208. The Bertz CT molecular complexity index is 184. The Morgan fingerprint density at radius 3 is 2.92 bits per heavy atom. The number of hydroxylamine groups is 1. The van der Waals surface area contributed by atoms with Gasteiger partial charge in [0.05, 0.1) is 0 Å². The molecule has 0 radical (unpaired) electrons. The third kappa shape index (κ3) is 3.56. The molecule has 0 bridgehead atoms. The van der Waals surface area contributed by atoms with Crippen LogP contribution in [0.3, 0.4) is 0 Å². The minimum Gasteiger partial charge on any atom is -0.624 e. The Hall–Kier alpha value is -0.790. The van der Waals surface area contributed by atoms with Gasteiger partial charge >= 0.3 is 0 Å². The van der Waals surface area contributed by atoms with Gasteiger partial charge in [-0.05, 0) is 32.1 Å². The van der Waals surface area contributed by atoms with Crippen molar-refractivity contribution in [2.75, 3.05) is 6.54 Å². The minimum absolute atomic E-state index is 0.567. The maximum absolute atomic E-state index is 10.5. The van der Waals surface area contributed by atoms with Crippen LogP contribution in [0, 0.1) is 5.21 Å². The zero-order valence-electron chi connectivity index (χ0n) is 7.59. The van der Waals surface area contributed by atoms with Crippen molar-refractivity contribution in [3.8, 4) is 0 Å². The highest BCUT2D eigenvalue weighted by Gasteiger charge is 2.03. The Morgan fingerprint density at radius 2 is 2.33 bits per heavy atom. The van der Waals surface area contributed by atoms with Gasteiger partial charge < -0.3 is 5.21 Å². The number of rotatable bonds is 4. The fourth-order valence-electron chi connectivity index (χ4n) is 1.61. The number of nitrogens with zero attached hydrogens (tertiary/aromatic N) is 1. The molecular formula is C10H17NO. The third-order valence-corrected chi connectivity index (χ3v) is 2.29. The van der Waals surface area contributed by atoms with Crippen molar-refractivity contribution in [1.29, 1.82) is 0 Å². The van der Waals surface area contributed by atoms with Gasteiger partial charge in [-0.3, -0.25) is 0 Å². The van der Waals surface area contributed by atoms with Gasteiger partial charge in [0.1, 0.15) is 6.72 Å². The van der Waals surface area contributed by atoms with Crippen molar-refractivity contribution in [2.24, 2.45) is 0 Å². The predicted octanol–water partition coefficient (Wildman–Crippen LogP) is 2.48. The normalized spacial score (nSPS) is 17.2. The average Bonchev–Trinajstić information content (AvgIpc) is 2.05. The molecule has 2 nitrogen and oxygen atoms in total. The SMILES string of the molecule is C=[N+]([O-])CCCC1=CCCCC1. The lowest BCUT2D eigenvalue weighted by atomic mass is 9.96. The molecule has 1 aliphatic carbocycles. The van der Waals surface area contributed by atoms with E-state index in [1.54, 1.807) is 5.57 Å². The highest BCUT2D eigenvalue weighted by molar-refractivity contribution is 5.14.